The van der Waals surface area contributed by atoms with Crippen molar-refractivity contribution in [2.75, 3.05) is 6.54 Å². The predicted octanol–water partition coefficient (Wildman–Crippen LogP) is 5.91. The monoisotopic (exact) mass is 345 g/mol. The Morgan fingerprint density at radius 1 is 0.593 bits per heavy atom. The van der Waals surface area contributed by atoms with E-state index >= 15 is 0 Å². The van der Waals surface area contributed by atoms with Gasteiger partial charge in [0, 0.05) is 22.7 Å². The number of carbonyl (C=O) groups is 1. The maximum Gasteiger partial charge on any atom is 0.185 e. The largest absolute Gasteiger partial charge is 0.292 e. The lowest BCUT2D eigenvalue weighted by atomic mass is 9.84. The van der Waals surface area contributed by atoms with Crippen molar-refractivity contribution in [2.45, 2.75) is 0 Å². The lowest BCUT2D eigenvalue weighted by molar-refractivity contribution is 0.100. The summed E-state index contributed by atoms with van der Waals surface area (Å²) in [7, 11) is 0. The number of Topliss-reactive ketones (excluding diaryl/α,β-unsaturated/α-hetero) is 1. The molecular formula is C25H15NO. The third-order valence-corrected chi connectivity index (χ3v) is 5.67. The molecule has 0 radical (unpaired) electrons. The number of fused-ring (bicyclic) bond motifs is 11. The minimum atomic E-state index is 0.0999. The number of rotatable bonds is 0. The molecule has 1 aliphatic rings. The molecule has 0 amide bonds. The van der Waals surface area contributed by atoms with Crippen molar-refractivity contribution < 1.29 is 4.79 Å². The molecule has 0 spiro atoms. The van der Waals surface area contributed by atoms with Gasteiger partial charge in [-0.15, -0.1) is 0 Å². The van der Waals surface area contributed by atoms with E-state index in [4.69, 9.17) is 0 Å². The highest BCUT2D eigenvalue weighted by Gasteiger charge is 2.23. The van der Waals surface area contributed by atoms with E-state index in [1.165, 1.54) is 26.9 Å². The molecule has 0 atom stereocenters. The van der Waals surface area contributed by atoms with Gasteiger partial charge < -0.3 is 0 Å². The normalized spacial score (nSPS) is 13.7. The molecule has 126 valence electrons. The lowest BCUT2D eigenvalue weighted by Gasteiger charge is -2.20. The quantitative estimate of drug-likeness (QED) is 0.321. The first-order chi connectivity index (χ1) is 13.3. The van der Waals surface area contributed by atoms with Gasteiger partial charge in [-0.3, -0.25) is 9.79 Å². The van der Waals surface area contributed by atoms with Gasteiger partial charge in [0.25, 0.3) is 0 Å². The highest BCUT2D eigenvalue weighted by atomic mass is 16.1. The maximum atomic E-state index is 12.8. The molecule has 5 aromatic carbocycles. The van der Waals surface area contributed by atoms with Crippen molar-refractivity contribution in [2.24, 2.45) is 4.99 Å². The summed E-state index contributed by atoms with van der Waals surface area (Å²) >= 11 is 0. The van der Waals surface area contributed by atoms with Crippen molar-refractivity contribution in [3.8, 4) is 0 Å². The van der Waals surface area contributed by atoms with Crippen molar-refractivity contribution in [3.63, 3.8) is 0 Å². The SMILES string of the molecule is O=C1CN=Cc2c1c1ccccc1c1c3ccccc3c3ccccc3c21. The zero-order valence-corrected chi connectivity index (χ0v) is 14.6. The maximum absolute atomic E-state index is 12.8. The van der Waals surface area contributed by atoms with Crippen LogP contribution in [-0.2, 0) is 0 Å². The molecule has 0 saturated carbocycles. The van der Waals surface area contributed by atoms with Crippen LogP contribution in [0.2, 0.25) is 0 Å². The molecule has 1 heterocycles. The number of carbonyl (C=O) groups excluding carboxylic acids is 1. The smallest absolute Gasteiger partial charge is 0.185 e. The Bertz CT molecular complexity index is 1460. The fourth-order valence-electron chi connectivity index (χ4n) is 4.62. The zero-order valence-electron chi connectivity index (χ0n) is 14.6. The molecule has 0 fully saturated rings. The van der Waals surface area contributed by atoms with E-state index < -0.39 is 0 Å². The second-order valence-electron chi connectivity index (χ2n) is 7.07. The first-order valence-corrected chi connectivity index (χ1v) is 9.15. The number of ketones is 1. The van der Waals surface area contributed by atoms with Crippen molar-refractivity contribution in [3.05, 3.63) is 83.9 Å². The van der Waals surface area contributed by atoms with Crippen LogP contribution in [0.25, 0.3) is 43.1 Å². The van der Waals surface area contributed by atoms with Gasteiger partial charge in [0.05, 0.1) is 0 Å². The summed E-state index contributed by atoms with van der Waals surface area (Å²) in [6, 6.07) is 25.3. The van der Waals surface area contributed by atoms with Crippen LogP contribution in [0.5, 0.6) is 0 Å². The number of aliphatic imine (C=N–C) groups is 1. The van der Waals surface area contributed by atoms with Crippen LogP contribution < -0.4 is 0 Å². The first-order valence-electron chi connectivity index (χ1n) is 9.15. The van der Waals surface area contributed by atoms with Gasteiger partial charge in [-0.2, -0.15) is 0 Å². The van der Waals surface area contributed by atoms with Gasteiger partial charge in [-0.05, 0) is 37.7 Å². The van der Waals surface area contributed by atoms with Gasteiger partial charge in [-0.25, -0.2) is 0 Å². The Morgan fingerprint density at radius 2 is 1.07 bits per heavy atom. The topological polar surface area (TPSA) is 29.4 Å². The van der Waals surface area contributed by atoms with Crippen LogP contribution in [0, 0.1) is 0 Å². The van der Waals surface area contributed by atoms with E-state index in [0.717, 1.165) is 27.3 Å². The van der Waals surface area contributed by atoms with Crippen LogP contribution >= 0.6 is 0 Å². The van der Waals surface area contributed by atoms with Gasteiger partial charge in [0.2, 0.25) is 0 Å². The molecule has 5 aromatic rings. The van der Waals surface area contributed by atoms with Gasteiger partial charge in [0.15, 0.2) is 5.78 Å². The number of hydrogen-bond acceptors (Lipinski definition) is 2. The third kappa shape index (κ3) is 1.85. The minimum absolute atomic E-state index is 0.0999. The Kier molecular flexibility index (Phi) is 2.84. The van der Waals surface area contributed by atoms with Crippen LogP contribution in [-0.4, -0.2) is 18.5 Å². The number of hydrogen-bond donors (Lipinski definition) is 0. The van der Waals surface area contributed by atoms with Crippen molar-refractivity contribution in [1.29, 1.82) is 0 Å². The summed E-state index contributed by atoms with van der Waals surface area (Å²) in [6.07, 6.45) is 1.90. The Hall–Kier alpha value is -3.52. The molecule has 6 rings (SSSR count). The Balaban J connectivity index is 2.08. The molecule has 0 N–H and O–H groups in total. The molecule has 2 heteroatoms. The highest BCUT2D eigenvalue weighted by Crippen LogP contribution is 2.42. The van der Waals surface area contributed by atoms with E-state index in [-0.39, 0.29) is 12.3 Å². The second-order valence-corrected chi connectivity index (χ2v) is 7.07. The second kappa shape index (κ2) is 5.24. The standard InChI is InChI=1S/C25H15NO/c27-22-14-26-13-21-23(22)19-11-5-6-12-20(19)24-17-9-3-1-7-15(17)16-8-2-4-10-18(16)25(21)24/h1-13H,14H2. The molecule has 0 saturated heterocycles. The molecule has 0 aromatic heterocycles. The lowest BCUT2D eigenvalue weighted by Crippen LogP contribution is -2.14. The summed E-state index contributed by atoms with van der Waals surface area (Å²) in [6.45, 7) is 0.230. The van der Waals surface area contributed by atoms with E-state index in [1.807, 2.05) is 12.3 Å². The molecule has 27 heavy (non-hydrogen) atoms. The fourth-order valence-corrected chi connectivity index (χ4v) is 4.62. The van der Waals surface area contributed by atoms with Crippen molar-refractivity contribution in [1.82, 2.24) is 0 Å². The molecule has 0 bridgehead atoms. The molecular weight excluding hydrogens is 330 g/mol. The summed E-state index contributed by atoms with van der Waals surface area (Å²) in [5.41, 5.74) is 1.77. The Morgan fingerprint density at radius 3 is 1.70 bits per heavy atom. The van der Waals surface area contributed by atoms with Crippen LogP contribution in [0.4, 0.5) is 0 Å². The molecule has 1 aliphatic heterocycles. The molecule has 2 nitrogen and oxygen atoms in total. The summed E-state index contributed by atoms with van der Waals surface area (Å²) in [5, 5.41) is 9.35. The van der Waals surface area contributed by atoms with E-state index in [2.05, 4.69) is 71.7 Å². The molecule has 0 aliphatic carbocycles. The number of benzene rings is 5. The fraction of sp³-hybridized carbons (Fsp3) is 0.0400. The van der Waals surface area contributed by atoms with Gasteiger partial charge in [0.1, 0.15) is 6.54 Å². The molecule has 0 unspecified atom stereocenters. The highest BCUT2D eigenvalue weighted by molar-refractivity contribution is 6.37. The first kappa shape index (κ1) is 14.6. The van der Waals surface area contributed by atoms with Gasteiger partial charge >= 0.3 is 0 Å². The van der Waals surface area contributed by atoms with Crippen LogP contribution in [0.15, 0.2) is 77.8 Å². The van der Waals surface area contributed by atoms with Crippen LogP contribution in [0.3, 0.4) is 0 Å². The zero-order chi connectivity index (χ0) is 18.0. The summed E-state index contributed by atoms with van der Waals surface area (Å²) in [5.74, 6) is 0.0999. The van der Waals surface area contributed by atoms with E-state index in [1.54, 1.807) is 0 Å². The average Bonchev–Trinajstić information content (AvgIpc) is 2.73. The minimum Gasteiger partial charge on any atom is -0.292 e. The van der Waals surface area contributed by atoms with Gasteiger partial charge in [-0.1, -0.05) is 72.8 Å². The summed E-state index contributed by atoms with van der Waals surface area (Å²) < 4.78 is 0. The number of nitrogens with zero attached hydrogens (tertiary/aromatic N) is 1. The average molecular weight is 345 g/mol. The Labute approximate surface area is 155 Å². The van der Waals surface area contributed by atoms with Crippen molar-refractivity contribution >= 4 is 55.1 Å². The predicted molar refractivity (Wildman–Crippen MR) is 113 cm³/mol. The third-order valence-electron chi connectivity index (χ3n) is 5.67. The van der Waals surface area contributed by atoms with Crippen LogP contribution in [0.1, 0.15) is 15.9 Å². The van der Waals surface area contributed by atoms with E-state index in [0.29, 0.717) is 0 Å². The summed E-state index contributed by atoms with van der Waals surface area (Å²) in [4.78, 5) is 17.2. The van der Waals surface area contributed by atoms with E-state index in [9.17, 15) is 4.79 Å².